The molecule has 7 heteroatoms. The lowest BCUT2D eigenvalue weighted by molar-refractivity contribution is -0.274. The highest BCUT2D eigenvalue weighted by atomic mass is 35.5. The van der Waals surface area contributed by atoms with Crippen LogP contribution in [0.15, 0.2) is 24.3 Å². The van der Waals surface area contributed by atoms with Crippen LogP contribution in [-0.2, 0) is 4.74 Å². The van der Waals surface area contributed by atoms with Gasteiger partial charge in [0.1, 0.15) is 5.75 Å². The predicted octanol–water partition coefficient (Wildman–Crippen LogP) is 2.67. The quantitative estimate of drug-likeness (QED) is 0.905. The van der Waals surface area contributed by atoms with Crippen LogP contribution >= 0.6 is 12.4 Å². The van der Waals surface area contributed by atoms with Gasteiger partial charge in [0, 0.05) is 6.54 Å². The molecule has 0 amide bonds. The second kappa shape index (κ2) is 6.26. The topological polar surface area (TPSA) is 30.5 Å². The Labute approximate surface area is 109 Å². The Hall–Kier alpha value is -0.980. The standard InChI is InChI=1S/C11H12F3NO2.ClH/c12-11(13,14)17-9-3-1-2-8(6-9)10-7-16-5-4-15-10;/h1-3,6,10,15H,4-5,7H2;1H/t10-;/m1./s1. The molecule has 18 heavy (non-hydrogen) atoms. The summed E-state index contributed by atoms with van der Waals surface area (Å²) >= 11 is 0. The first-order chi connectivity index (χ1) is 8.04. The molecule has 1 fully saturated rings. The van der Waals surface area contributed by atoms with E-state index in [4.69, 9.17) is 4.74 Å². The highest BCUT2D eigenvalue weighted by Gasteiger charge is 2.31. The molecule has 3 nitrogen and oxygen atoms in total. The van der Waals surface area contributed by atoms with Gasteiger partial charge in [0.15, 0.2) is 0 Å². The van der Waals surface area contributed by atoms with Crippen molar-refractivity contribution in [2.45, 2.75) is 12.4 Å². The highest BCUT2D eigenvalue weighted by Crippen LogP contribution is 2.26. The van der Waals surface area contributed by atoms with Crippen LogP contribution in [0.4, 0.5) is 13.2 Å². The summed E-state index contributed by atoms with van der Waals surface area (Å²) in [6.07, 6.45) is -4.66. The summed E-state index contributed by atoms with van der Waals surface area (Å²) in [6, 6.07) is 5.85. The van der Waals surface area contributed by atoms with Crippen molar-refractivity contribution in [2.24, 2.45) is 0 Å². The average Bonchev–Trinajstić information content (AvgIpc) is 2.28. The molecule has 1 aliphatic heterocycles. The van der Waals surface area contributed by atoms with E-state index in [2.05, 4.69) is 10.1 Å². The summed E-state index contributed by atoms with van der Waals surface area (Å²) in [4.78, 5) is 0. The number of halogens is 4. The maximum Gasteiger partial charge on any atom is 0.573 e. The van der Waals surface area contributed by atoms with E-state index in [1.165, 1.54) is 18.2 Å². The van der Waals surface area contributed by atoms with E-state index >= 15 is 0 Å². The number of benzene rings is 1. The minimum Gasteiger partial charge on any atom is -0.406 e. The number of nitrogens with one attached hydrogen (secondary N) is 1. The zero-order valence-electron chi connectivity index (χ0n) is 9.37. The van der Waals surface area contributed by atoms with Crippen molar-refractivity contribution in [1.82, 2.24) is 5.32 Å². The first-order valence-corrected chi connectivity index (χ1v) is 5.21. The summed E-state index contributed by atoms with van der Waals surface area (Å²) in [7, 11) is 0. The average molecular weight is 284 g/mol. The van der Waals surface area contributed by atoms with Gasteiger partial charge in [0.25, 0.3) is 0 Å². The minimum atomic E-state index is -4.66. The van der Waals surface area contributed by atoms with Crippen LogP contribution in [0.5, 0.6) is 5.75 Å². The van der Waals surface area contributed by atoms with Gasteiger partial charge in [-0.05, 0) is 17.7 Å². The van der Waals surface area contributed by atoms with Crippen LogP contribution in [-0.4, -0.2) is 26.1 Å². The van der Waals surface area contributed by atoms with Crippen LogP contribution in [0.1, 0.15) is 11.6 Å². The van der Waals surface area contributed by atoms with E-state index in [0.29, 0.717) is 19.8 Å². The smallest absolute Gasteiger partial charge is 0.406 e. The van der Waals surface area contributed by atoms with Crippen molar-refractivity contribution in [3.8, 4) is 5.75 Å². The van der Waals surface area contributed by atoms with Crippen molar-refractivity contribution in [1.29, 1.82) is 0 Å². The first kappa shape index (κ1) is 15.1. The third-order valence-corrected chi connectivity index (χ3v) is 2.42. The molecule has 2 rings (SSSR count). The Morgan fingerprint density at radius 1 is 1.33 bits per heavy atom. The molecule has 1 aromatic carbocycles. The molecule has 0 unspecified atom stereocenters. The van der Waals surface area contributed by atoms with Crippen LogP contribution in [0.3, 0.4) is 0 Å². The molecule has 1 saturated heterocycles. The van der Waals surface area contributed by atoms with Crippen molar-refractivity contribution < 1.29 is 22.6 Å². The summed E-state index contributed by atoms with van der Waals surface area (Å²) in [5.41, 5.74) is 0.728. The molecular weight excluding hydrogens is 271 g/mol. The van der Waals surface area contributed by atoms with E-state index in [1.807, 2.05) is 0 Å². The van der Waals surface area contributed by atoms with Crippen molar-refractivity contribution >= 4 is 12.4 Å². The van der Waals surface area contributed by atoms with E-state index in [-0.39, 0.29) is 24.2 Å². The molecule has 0 aliphatic carbocycles. The molecule has 1 atom stereocenters. The normalized spacial score (nSPS) is 20.1. The molecule has 0 saturated carbocycles. The molecule has 1 N–H and O–H groups in total. The second-order valence-corrected chi connectivity index (χ2v) is 3.70. The Kier molecular flexibility index (Phi) is 5.25. The SMILES string of the molecule is Cl.FC(F)(F)Oc1cccc([C@H]2COCCN2)c1. The van der Waals surface area contributed by atoms with Crippen LogP contribution in [0.2, 0.25) is 0 Å². The third-order valence-electron chi connectivity index (χ3n) is 2.42. The van der Waals surface area contributed by atoms with Gasteiger partial charge in [0.2, 0.25) is 0 Å². The van der Waals surface area contributed by atoms with E-state index in [0.717, 1.165) is 5.56 Å². The molecule has 0 spiro atoms. The van der Waals surface area contributed by atoms with E-state index in [9.17, 15) is 13.2 Å². The lowest BCUT2D eigenvalue weighted by Crippen LogP contribution is -2.34. The van der Waals surface area contributed by atoms with Gasteiger partial charge in [-0.15, -0.1) is 25.6 Å². The number of alkyl halides is 3. The number of rotatable bonds is 2. The Balaban J connectivity index is 0.00000162. The van der Waals surface area contributed by atoms with Gasteiger partial charge in [-0.2, -0.15) is 0 Å². The third kappa shape index (κ3) is 4.36. The largest absolute Gasteiger partial charge is 0.573 e. The number of hydrogen-bond donors (Lipinski definition) is 1. The lowest BCUT2D eigenvalue weighted by atomic mass is 10.1. The zero-order chi connectivity index (χ0) is 12.3. The summed E-state index contributed by atoms with van der Waals surface area (Å²) < 4.78 is 45.3. The molecule has 1 aliphatic rings. The van der Waals surface area contributed by atoms with E-state index in [1.54, 1.807) is 6.07 Å². The molecular formula is C11H13ClF3NO2. The predicted molar refractivity (Wildman–Crippen MR) is 61.9 cm³/mol. The fourth-order valence-electron chi connectivity index (χ4n) is 1.71. The molecule has 1 heterocycles. The number of hydrogen-bond acceptors (Lipinski definition) is 3. The molecule has 102 valence electrons. The minimum absolute atomic E-state index is 0. The van der Waals surface area contributed by atoms with Gasteiger partial charge < -0.3 is 14.8 Å². The molecule has 1 aromatic rings. The van der Waals surface area contributed by atoms with Crippen LogP contribution in [0, 0.1) is 0 Å². The zero-order valence-corrected chi connectivity index (χ0v) is 10.2. The summed E-state index contributed by atoms with van der Waals surface area (Å²) in [6.45, 7) is 1.76. The maximum atomic E-state index is 12.1. The van der Waals surface area contributed by atoms with Gasteiger partial charge >= 0.3 is 6.36 Å². The second-order valence-electron chi connectivity index (χ2n) is 3.70. The number of morpholine rings is 1. The Bertz CT molecular complexity index is 381. The highest BCUT2D eigenvalue weighted by molar-refractivity contribution is 5.85. The van der Waals surface area contributed by atoms with Crippen molar-refractivity contribution in [3.63, 3.8) is 0 Å². The van der Waals surface area contributed by atoms with E-state index < -0.39 is 6.36 Å². The molecule has 0 radical (unpaired) electrons. The van der Waals surface area contributed by atoms with Crippen molar-refractivity contribution in [2.75, 3.05) is 19.8 Å². The fraction of sp³-hybridized carbons (Fsp3) is 0.455. The first-order valence-electron chi connectivity index (χ1n) is 5.21. The van der Waals surface area contributed by atoms with Gasteiger partial charge in [-0.3, -0.25) is 0 Å². The maximum absolute atomic E-state index is 12.1. The van der Waals surface area contributed by atoms with Gasteiger partial charge in [-0.25, -0.2) is 0 Å². The monoisotopic (exact) mass is 283 g/mol. The molecule has 0 bridgehead atoms. The summed E-state index contributed by atoms with van der Waals surface area (Å²) in [5.74, 6) is -0.206. The van der Waals surface area contributed by atoms with Crippen LogP contribution in [0.25, 0.3) is 0 Å². The van der Waals surface area contributed by atoms with Crippen molar-refractivity contribution in [3.05, 3.63) is 29.8 Å². The Morgan fingerprint density at radius 3 is 2.72 bits per heavy atom. The lowest BCUT2D eigenvalue weighted by Gasteiger charge is -2.24. The van der Waals surface area contributed by atoms with Gasteiger partial charge in [0.05, 0.1) is 19.3 Å². The summed E-state index contributed by atoms with van der Waals surface area (Å²) in [5, 5.41) is 3.16. The van der Waals surface area contributed by atoms with Gasteiger partial charge in [-0.1, -0.05) is 12.1 Å². The number of ether oxygens (including phenoxy) is 2. The van der Waals surface area contributed by atoms with Crippen LogP contribution < -0.4 is 10.1 Å². The fourth-order valence-corrected chi connectivity index (χ4v) is 1.71. The molecule has 0 aromatic heterocycles. The Morgan fingerprint density at radius 2 is 2.11 bits per heavy atom.